The van der Waals surface area contributed by atoms with Crippen LogP contribution in [0.5, 0.6) is 0 Å². The Hall–Kier alpha value is -1.68. The predicted molar refractivity (Wildman–Crippen MR) is 87.9 cm³/mol. The molecule has 1 aliphatic rings. The Morgan fingerprint density at radius 2 is 2.23 bits per heavy atom. The van der Waals surface area contributed by atoms with Crippen LogP contribution in [0, 0.1) is 18.7 Å². The van der Waals surface area contributed by atoms with E-state index in [1.807, 2.05) is 6.07 Å². The summed E-state index contributed by atoms with van der Waals surface area (Å²) in [6.07, 6.45) is 3.52. The van der Waals surface area contributed by atoms with Gasteiger partial charge in [-0.2, -0.15) is 0 Å². The van der Waals surface area contributed by atoms with Gasteiger partial charge < -0.3 is 9.64 Å². The SMILES string of the molecule is COCCC1CCCN(c2cc(C)c3ccc(F)cc3n2)C1. The monoisotopic (exact) mass is 302 g/mol. The topological polar surface area (TPSA) is 25.4 Å². The maximum atomic E-state index is 13.5. The van der Waals surface area contributed by atoms with Crippen molar-refractivity contribution in [2.45, 2.75) is 26.2 Å². The van der Waals surface area contributed by atoms with Gasteiger partial charge in [-0.3, -0.25) is 0 Å². The van der Waals surface area contributed by atoms with Crippen molar-refractivity contribution in [2.24, 2.45) is 5.92 Å². The van der Waals surface area contributed by atoms with Gasteiger partial charge >= 0.3 is 0 Å². The van der Waals surface area contributed by atoms with Crippen LogP contribution in [0.4, 0.5) is 10.2 Å². The van der Waals surface area contributed by atoms with Crippen molar-refractivity contribution in [3.05, 3.63) is 35.6 Å². The average Bonchev–Trinajstić information content (AvgIpc) is 2.52. The molecule has 3 nitrogen and oxygen atoms in total. The van der Waals surface area contributed by atoms with E-state index in [2.05, 4.69) is 22.9 Å². The van der Waals surface area contributed by atoms with Crippen LogP contribution in [0.15, 0.2) is 24.3 Å². The van der Waals surface area contributed by atoms with Gasteiger partial charge in [0.1, 0.15) is 11.6 Å². The summed E-state index contributed by atoms with van der Waals surface area (Å²) in [6.45, 7) is 4.92. The summed E-state index contributed by atoms with van der Waals surface area (Å²) >= 11 is 0. The van der Waals surface area contributed by atoms with Crippen LogP contribution >= 0.6 is 0 Å². The van der Waals surface area contributed by atoms with Gasteiger partial charge in [0.25, 0.3) is 0 Å². The summed E-state index contributed by atoms with van der Waals surface area (Å²) in [5.74, 6) is 1.39. The molecule has 0 bridgehead atoms. The van der Waals surface area contributed by atoms with Gasteiger partial charge in [-0.25, -0.2) is 9.37 Å². The molecule has 1 atom stereocenters. The highest BCUT2D eigenvalue weighted by atomic mass is 19.1. The fraction of sp³-hybridized carbons (Fsp3) is 0.500. The van der Waals surface area contributed by atoms with E-state index in [9.17, 15) is 4.39 Å². The zero-order valence-electron chi connectivity index (χ0n) is 13.3. The molecular weight excluding hydrogens is 279 g/mol. The first-order valence-corrected chi connectivity index (χ1v) is 7.98. The van der Waals surface area contributed by atoms with Crippen molar-refractivity contribution in [1.82, 2.24) is 4.98 Å². The lowest BCUT2D eigenvalue weighted by molar-refractivity contribution is 0.172. The maximum Gasteiger partial charge on any atom is 0.129 e. The lowest BCUT2D eigenvalue weighted by Crippen LogP contribution is -2.36. The molecule has 3 rings (SSSR count). The standard InChI is InChI=1S/C18H23FN2O/c1-13-10-18(20-17-11-15(19)5-6-16(13)17)21-8-3-4-14(12-21)7-9-22-2/h5-6,10-11,14H,3-4,7-9,12H2,1-2H3. The van der Waals surface area contributed by atoms with Crippen molar-refractivity contribution in [3.63, 3.8) is 0 Å². The molecule has 0 aliphatic carbocycles. The number of halogens is 1. The van der Waals surface area contributed by atoms with Crippen molar-refractivity contribution in [1.29, 1.82) is 0 Å². The molecule has 1 unspecified atom stereocenters. The number of hydrogen-bond donors (Lipinski definition) is 0. The lowest BCUT2D eigenvalue weighted by atomic mass is 9.95. The number of benzene rings is 1. The molecule has 1 fully saturated rings. The molecule has 1 aliphatic heterocycles. The van der Waals surface area contributed by atoms with Crippen LogP contribution in [0.1, 0.15) is 24.8 Å². The molecule has 118 valence electrons. The van der Waals surface area contributed by atoms with Gasteiger partial charge in [0.15, 0.2) is 0 Å². The smallest absolute Gasteiger partial charge is 0.129 e. The first-order valence-electron chi connectivity index (χ1n) is 7.98. The number of pyridine rings is 1. The summed E-state index contributed by atoms with van der Waals surface area (Å²) in [6, 6.07) is 6.96. The number of fused-ring (bicyclic) bond motifs is 1. The fourth-order valence-corrected chi connectivity index (χ4v) is 3.31. The Kier molecular flexibility index (Phi) is 4.57. The number of anilines is 1. The molecule has 22 heavy (non-hydrogen) atoms. The third-order valence-electron chi connectivity index (χ3n) is 4.54. The van der Waals surface area contributed by atoms with Crippen molar-refractivity contribution in [3.8, 4) is 0 Å². The van der Waals surface area contributed by atoms with E-state index in [1.165, 1.54) is 25.0 Å². The summed E-state index contributed by atoms with van der Waals surface area (Å²) in [5, 5.41) is 1.03. The number of aryl methyl sites for hydroxylation is 1. The Morgan fingerprint density at radius 3 is 3.05 bits per heavy atom. The predicted octanol–water partition coefficient (Wildman–Crippen LogP) is 3.94. The molecule has 1 saturated heterocycles. The number of methoxy groups -OCH3 is 1. The summed E-state index contributed by atoms with van der Waals surface area (Å²) in [4.78, 5) is 7.02. The van der Waals surface area contributed by atoms with E-state index in [0.29, 0.717) is 5.92 Å². The molecule has 2 aromatic rings. The lowest BCUT2D eigenvalue weighted by Gasteiger charge is -2.34. The fourth-order valence-electron chi connectivity index (χ4n) is 3.31. The van der Waals surface area contributed by atoms with Gasteiger partial charge in [-0.15, -0.1) is 0 Å². The third-order valence-corrected chi connectivity index (χ3v) is 4.54. The highest BCUT2D eigenvalue weighted by molar-refractivity contribution is 5.84. The van der Waals surface area contributed by atoms with Gasteiger partial charge in [-0.05, 0) is 55.9 Å². The first kappa shape index (κ1) is 15.2. The Bertz CT molecular complexity index is 659. The molecule has 0 amide bonds. The Labute approximate surface area is 131 Å². The van der Waals surface area contributed by atoms with Gasteiger partial charge in [-0.1, -0.05) is 0 Å². The number of aromatic nitrogens is 1. The average molecular weight is 302 g/mol. The van der Waals surface area contributed by atoms with E-state index in [4.69, 9.17) is 4.74 Å². The number of nitrogens with zero attached hydrogens (tertiary/aromatic N) is 2. The van der Waals surface area contributed by atoms with Gasteiger partial charge in [0.05, 0.1) is 5.52 Å². The zero-order chi connectivity index (χ0) is 15.5. The molecule has 0 radical (unpaired) electrons. The second-order valence-electron chi connectivity index (χ2n) is 6.19. The summed E-state index contributed by atoms with van der Waals surface area (Å²) < 4.78 is 18.7. The largest absolute Gasteiger partial charge is 0.385 e. The Morgan fingerprint density at radius 1 is 1.36 bits per heavy atom. The minimum absolute atomic E-state index is 0.229. The zero-order valence-corrected chi connectivity index (χ0v) is 13.3. The Balaban J connectivity index is 1.86. The van der Waals surface area contributed by atoms with Crippen molar-refractivity contribution < 1.29 is 9.13 Å². The number of rotatable bonds is 4. The number of piperidine rings is 1. The van der Waals surface area contributed by atoms with Crippen LogP contribution in [0.25, 0.3) is 10.9 Å². The molecule has 0 saturated carbocycles. The highest BCUT2D eigenvalue weighted by Crippen LogP contribution is 2.27. The van der Waals surface area contributed by atoms with Crippen LogP contribution in [-0.2, 0) is 4.74 Å². The van der Waals surface area contributed by atoms with Crippen LogP contribution < -0.4 is 4.90 Å². The normalized spacial score (nSPS) is 18.9. The molecule has 4 heteroatoms. The van der Waals surface area contributed by atoms with Gasteiger partial charge in [0.2, 0.25) is 0 Å². The molecule has 2 heterocycles. The maximum absolute atomic E-state index is 13.5. The van der Waals surface area contributed by atoms with Crippen LogP contribution in [-0.4, -0.2) is 31.8 Å². The molecular formula is C18H23FN2O. The minimum atomic E-state index is -0.229. The molecule has 1 aromatic heterocycles. The number of hydrogen-bond acceptors (Lipinski definition) is 3. The van der Waals surface area contributed by atoms with Crippen LogP contribution in [0.3, 0.4) is 0 Å². The third kappa shape index (κ3) is 3.22. The van der Waals surface area contributed by atoms with Gasteiger partial charge in [0, 0.05) is 38.3 Å². The number of ether oxygens (including phenoxy) is 1. The van der Waals surface area contributed by atoms with Crippen molar-refractivity contribution in [2.75, 3.05) is 31.7 Å². The van der Waals surface area contributed by atoms with E-state index >= 15 is 0 Å². The summed E-state index contributed by atoms with van der Waals surface area (Å²) in [7, 11) is 1.75. The van der Waals surface area contributed by atoms with Crippen molar-refractivity contribution >= 4 is 16.7 Å². The van der Waals surface area contributed by atoms with E-state index in [0.717, 1.165) is 48.4 Å². The molecule has 0 spiro atoms. The second kappa shape index (κ2) is 6.61. The quantitative estimate of drug-likeness (QED) is 0.855. The minimum Gasteiger partial charge on any atom is -0.385 e. The summed E-state index contributed by atoms with van der Waals surface area (Å²) in [5.41, 5.74) is 1.90. The van der Waals surface area contributed by atoms with E-state index < -0.39 is 0 Å². The molecule has 0 N–H and O–H groups in total. The molecule has 1 aromatic carbocycles. The van der Waals surface area contributed by atoms with E-state index in [1.54, 1.807) is 7.11 Å². The van der Waals surface area contributed by atoms with Crippen LogP contribution in [0.2, 0.25) is 0 Å². The van der Waals surface area contributed by atoms with E-state index in [-0.39, 0.29) is 5.82 Å². The second-order valence-corrected chi connectivity index (χ2v) is 6.19. The highest BCUT2D eigenvalue weighted by Gasteiger charge is 2.21. The first-order chi connectivity index (χ1) is 10.7.